The lowest BCUT2D eigenvalue weighted by atomic mass is 10.0. The van der Waals surface area contributed by atoms with E-state index in [2.05, 4.69) is 5.32 Å². The van der Waals surface area contributed by atoms with Crippen molar-refractivity contribution in [1.29, 1.82) is 0 Å². The van der Waals surface area contributed by atoms with Gasteiger partial charge in [0, 0.05) is 6.08 Å². The maximum Gasteiger partial charge on any atom is 0.326 e. The second-order valence-electron chi connectivity index (χ2n) is 4.81. The highest BCUT2D eigenvalue weighted by Crippen LogP contribution is 2.08. The fraction of sp³-hybridized carbons (Fsp3) is 0.429. The van der Waals surface area contributed by atoms with E-state index in [1.807, 2.05) is 13.8 Å². The number of hydrogen-bond acceptors (Lipinski definition) is 3. The molecule has 1 atom stereocenters. The first-order chi connectivity index (χ1) is 8.88. The van der Waals surface area contributed by atoms with Crippen molar-refractivity contribution in [2.75, 3.05) is 0 Å². The van der Waals surface area contributed by atoms with Gasteiger partial charge in [0.1, 0.15) is 17.6 Å². The second-order valence-corrected chi connectivity index (χ2v) is 4.81. The molecule has 1 heterocycles. The number of carbonyl (C=O) groups excluding carboxylic acids is 1. The molecule has 0 saturated carbocycles. The summed E-state index contributed by atoms with van der Waals surface area (Å²) in [4.78, 5) is 22.6. The summed E-state index contributed by atoms with van der Waals surface area (Å²) in [5.41, 5.74) is 0. The molecule has 0 aliphatic rings. The van der Waals surface area contributed by atoms with E-state index in [1.165, 1.54) is 12.2 Å². The highest BCUT2D eigenvalue weighted by Gasteiger charge is 2.19. The van der Waals surface area contributed by atoms with Crippen molar-refractivity contribution in [3.63, 3.8) is 0 Å². The molecule has 2 N–H and O–H groups in total. The van der Waals surface area contributed by atoms with E-state index in [1.54, 1.807) is 19.1 Å². The fourth-order valence-electron chi connectivity index (χ4n) is 1.61. The third-order valence-electron chi connectivity index (χ3n) is 2.48. The Morgan fingerprint density at radius 1 is 1.42 bits per heavy atom. The molecule has 1 aromatic rings. The van der Waals surface area contributed by atoms with Gasteiger partial charge in [-0.3, -0.25) is 4.79 Å². The van der Waals surface area contributed by atoms with Crippen molar-refractivity contribution >= 4 is 18.0 Å². The predicted octanol–water partition coefficient (Wildman–Crippen LogP) is 2.22. The number of rotatable bonds is 6. The smallest absolute Gasteiger partial charge is 0.326 e. The van der Waals surface area contributed by atoms with Crippen LogP contribution in [0.25, 0.3) is 6.08 Å². The minimum absolute atomic E-state index is 0.193. The molecule has 5 heteroatoms. The summed E-state index contributed by atoms with van der Waals surface area (Å²) >= 11 is 0. The summed E-state index contributed by atoms with van der Waals surface area (Å²) in [6, 6.07) is 2.66. The SMILES string of the molecule is Cc1ccc(/C=C/C(=O)NC(CC(C)C)C(=O)O)o1. The Bertz CT molecular complexity index is 474. The Labute approximate surface area is 112 Å². The standard InChI is InChI=1S/C14H19NO4/c1-9(2)8-12(14(17)18)15-13(16)7-6-11-5-4-10(3)19-11/h4-7,9,12H,8H2,1-3H3,(H,15,16)(H,17,18)/b7-6+. The van der Waals surface area contributed by atoms with E-state index >= 15 is 0 Å². The third kappa shape index (κ3) is 5.42. The van der Waals surface area contributed by atoms with Crippen LogP contribution in [0.15, 0.2) is 22.6 Å². The number of hydrogen-bond donors (Lipinski definition) is 2. The van der Waals surface area contributed by atoms with Crippen molar-refractivity contribution in [2.45, 2.75) is 33.2 Å². The summed E-state index contributed by atoms with van der Waals surface area (Å²) in [7, 11) is 0. The molecular weight excluding hydrogens is 246 g/mol. The maximum atomic E-state index is 11.6. The minimum Gasteiger partial charge on any atom is -0.480 e. The monoisotopic (exact) mass is 265 g/mol. The molecule has 0 aromatic carbocycles. The first-order valence-corrected chi connectivity index (χ1v) is 6.16. The van der Waals surface area contributed by atoms with Gasteiger partial charge in [-0.2, -0.15) is 0 Å². The van der Waals surface area contributed by atoms with Crippen LogP contribution in [0.4, 0.5) is 0 Å². The van der Waals surface area contributed by atoms with E-state index < -0.39 is 17.9 Å². The molecule has 0 bridgehead atoms. The van der Waals surface area contributed by atoms with Crippen molar-refractivity contribution in [2.24, 2.45) is 5.92 Å². The summed E-state index contributed by atoms with van der Waals surface area (Å²) < 4.78 is 5.27. The number of nitrogens with one attached hydrogen (secondary N) is 1. The zero-order valence-electron chi connectivity index (χ0n) is 11.3. The molecule has 1 rings (SSSR count). The number of amides is 1. The van der Waals surface area contributed by atoms with Crippen LogP contribution in [-0.2, 0) is 9.59 Å². The molecule has 0 radical (unpaired) electrons. The second kappa shape index (κ2) is 6.78. The van der Waals surface area contributed by atoms with Crippen molar-refractivity contribution in [3.05, 3.63) is 29.7 Å². The van der Waals surface area contributed by atoms with Gasteiger partial charge in [-0.25, -0.2) is 4.79 Å². The highest BCUT2D eigenvalue weighted by molar-refractivity contribution is 5.94. The Kier molecular flexibility index (Phi) is 5.36. The predicted molar refractivity (Wildman–Crippen MR) is 71.5 cm³/mol. The summed E-state index contributed by atoms with van der Waals surface area (Å²) in [5, 5.41) is 11.5. The van der Waals surface area contributed by atoms with Gasteiger partial charge in [-0.1, -0.05) is 13.8 Å². The first kappa shape index (κ1) is 15.0. The number of aliphatic carboxylic acids is 1. The van der Waals surface area contributed by atoms with Crippen LogP contribution < -0.4 is 5.32 Å². The van der Waals surface area contributed by atoms with E-state index in [9.17, 15) is 9.59 Å². The molecule has 1 unspecified atom stereocenters. The van der Waals surface area contributed by atoms with Gasteiger partial charge in [-0.05, 0) is 37.5 Å². The Morgan fingerprint density at radius 3 is 2.58 bits per heavy atom. The van der Waals surface area contributed by atoms with Crippen molar-refractivity contribution in [1.82, 2.24) is 5.32 Å². The Hall–Kier alpha value is -2.04. The third-order valence-corrected chi connectivity index (χ3v) is 2.48. The number of aryl methyl sites for hydroxylation is 1. The lowest BCUT2D eigenvalue weighted by molar-refractivity contribution is -0.141. The lowest BCUT2D eigenvalue weighted by Crippen LogP contribution is -2.40. The van der Waals surface area contributed by atoms with Gasteiger partial charge >= 0.3 is 5.97 Å². The molecule has 1 aromatic heterocycles. The van der Waals surface area contributed by atoms with Crippen molar-refractivity contribution < 1.29 is 19.1 Å². The van der Waals surface area contributed by atoms with Gasteiger partial charge in [0.25, 0.3) is 0 Å². The summed E-state index contributed by atoms with van der Waals surface area (Å²) in [6.07, 6.45) is 3.18. The summed E-state index contributed by atoms with van der Waals surface area (Å²) in [5.74, 6) is 0.0381. The lowest BCUT2D eigenvalue weighted by Gasteiger charge is -2.15. The van der Waals surface area contributed by atoms with Crippen LogP contribution in [0.1, 0.15) is 31.8 Å². The van der Waals surface area contributed by atoms with Crippen molar-refractivity contribution in [3.8, 4) is 0 Å². The molecule has 0 spiro atoms. The molecule has 0 aliphatic carbocycles. The molecular formula is C14H19NO4. The summed E-state index contributed by atoms with van der Waals surface area (Å²) in [6.45, 7) is 5.62. The molecule has 0 fully saturated rings. The Balaban J connectivity index is 2.57. The minimum atomic E-state index is -1.02. The molecule has 104 valence electrons. The molecule has 5 nitrogen and oxygen atoms in total. The van der Waals surface area contributed by atoms with Gasteiger partial charge in [-0.15, -0.1) is 0 Å². The molecule has 19 heavy (non-hydrogen) atoms. The average molecular weight is 265 g/mol. The molecule has 0 aliphatic heterocycles. The largest absolute Gasteiger partial charge is 0.480 e. The van der Waals surface area contributed by atoms with Crippen LogP contribution in [0.5, 0.6) is 0 Å². The maximum absolute atomic E-state index is 11.6. The number of carbonyl (C=O) groups is 2. The topological polar surface area (TPSA) is 79.5 Å². The van der Waals surface area contributed by atoms with Crippen LogP contribution in [0.2, 0.25) is 0 Å². The average Bonchev–Trinajstić information content (AvgIpc) is 2.71. The quantitative estimate of drug-likeness (QED) is 0.773. The Morgan fingerprint density at radius 2 is 2.11 bits per heavy atom. The van der Waals surface area contributed by atoms with Crippen LogP contribution in [0, 0.1) is 12.8 Å². The fourth-order valence-corrected chi connectivity index (χ4v) is 1.61. The zero-order chi connectivity index (χ0) is 14.4. The van der Waals surface area contributed by atoms with Crippen LogP contribution in [-0.4, -0.2) is 23.0 Å². The van der Waals surface area contributed by atoms with E-state index in [4.69, 9.17) is 9.52 Å². The van der Waals surface area contributed by atoms with E-state index in [0.717, 1.165) is 5.76 Å². The number of carboxylic acids is 1. The first-order valence-electron chi connectivity index (χ1n) is 6.16. The highest BCUT2D eigenvalue weighted by atomic mass is 16.4. The van der Waals surface area contributed by atoms with Gasteiger partial charge < -0.3 is 14.8 Å². The molecule has 0 saturated heterocycles. The number of furan rings is 1. The van der Waals surface area contributed by atoms with Gasteiger partial charge in [0.15, 0.2) is 0 Å². The van der Waals surface area contributed by atoms with Crippen LogP contribution >= 0.6 is 0 Å². The van der Waals surface area contributed by atoms with E-state index in [-0.39, 0.29) is 5.92 Å². The normalized spacial score (nSPS) is 12.8. The van der Waals surface area contributed by atoms with Crippen LogP contribution in [0.3, 0.4) is 0 Å². The van der Waals surface area contributed by atoms with Gasteiger partial charge in [0.05, 0.1) is 0 Å². The van der Waals surface area contributed by atoms with Gasteiger partial charge in [0.2, 0.25) is 5.91 Å². The van der Waals surface area contributed by atoms with E-state index in [0.29, 0.717) is 12.2 Å². The molecule has 1 amide bonds. The zero-order valence-corrected chi connectivity index (χ0v) is 11.3. The number of carboxylic acid groups (broad SMARTS) is 1.